The van der Waals surface area contributed by atoms with Crippen LogP contribution < -0.4 is 0 Å². The van der Waals surface area contributed by atoms with E-state index in [1.807, 2.05) is 0 Å². The fraction of sp³-hybridized carbons (Fsp3) is 1.00. The number of halogens is 3. The van der Waals surface area contributed by atoms with Gasteiger partial charge in [0, 0.05) is 0 Å². The van der Waals surface area contributed by atoms with Crippen molar-refractivity contribution in [3.05, 3.63) is 0 Å². The Bertz CT molecular complexity index is 277. The monoisotopic (exact) mass is 310 g/mol. The van der Waals surface area contributed by atoms with Gasteiger partial charge in [0.05, 0.1) is 0 Å². The molecule has 0 atom stereocenters. The Kier molecular flexibility index (Phi) is 11.3. The van der Waals surface area contributed by atoms with Gasteiger partial charge in [0.1, 0.15) is 0 Å². The molecule has 18 heavy (non-hydrogen) atoms. The van der Waals surface area contributed by atoms with E-state index < -0.39 is 15.6 Å². The first-order chi connectivity index (χ1) is 8.10. The molecule has 112 valence electrons. The van der Waals surface area contributed by atoms with Crippen molar-refractivity contribution in [3.8, 4) is 0 Å². The molecule has 0 unspecified atom stereocenters. The van der Waals surface area contributed by atoms with Gasteiger partial charge in [0.25, 0.3) is 0 Å². The molecule has 0 radical (unpaired) electrons. The fourth-order valence-electron chi connectivity index (χ4n) is 1.28. The predicted octanol–water partition coefficient (Wildman–Crippen LogP) is 4.09. The molecule has 0 saturated carbocycles. The second kappa shape index (κ2) is 9.98. The highest BCUT2D eigenvalue weighted by Crippen LogP contribution is 2.37. The summed E-state index contributed by atoms with van der Waals surface area (Å²) in [6.45, 7) is 6.92. The highest BCUT2D eigenvalue weighted by molar-refractivity contribution is 7.86. The molecule has 0 aromatic carbocycles. The van der Waals surface area contributed by atoms with Crippen molar-refractivity contribution in [3.63, 3.8) is 0 Å². The lowest BCUT2D eigenvalue weighted by molar-refractivity contribution is -0.0510. The average Bonchev–Trinajstić information content (AvgIpc) is 2.16. The second-order valence-corrected chi connectivity index (χ2v) is 7.86. The van der Waals surface area contributed by atoms with Crippen molar-refractivity contribution >= 4 is 18.0 Å². The van der Waals surface area contributed by atoms with Gasteiger partial charge in [-0.25, -0.2) is 0 Å². The summed E-state index contributed by atoms with van der Waals surface area (Å²) in [6.07, 6.45) is 8.72. The minimum Gasteiger partial charge on any atom is -0.279 e. The number of alkyl halides is 3. The summed E-state index contributed by atoms with van der Waals surface area (Å²) in [5.41, 5.74) is -5.53. The molecule has 8 heteroatoms. The lowest BCUT2D eigenvalue weighted by Gasteiger charge is -2.13. The van der Waals surface area contributed by atoms with E-state index in [1.165, 1.54) is 37.7 Å². The minimum atomic E-state index is -5.84. The van der Waals surface area contributed by atoms with Crippen molar-refractivity contribution in [2.45, 2.75) is 45.5 Å². The summed E-state index contributed by atoms with van der Waals surface area (Å²) in [4.78, 5) is 0. The van der Waals surface area contributed by atoms with Crippen molar-refractivity contribution in [2.75, 3.05) is 18.5 Å². The van der Waals surface area contributed by atoms with Crippen molar-refractivity contribution in [2.24, 2.45) is 0 Å². The molecule has 1 N–H and O–H groups in total. The average molecular weight is 310 g/mol. The van der Waals surface area contributed by atoms with Crippen LogP contribution in [0.15, 0.2) is 0 Å². The molecule has 0 aliphatic carbocycles. The molecule has 0 aliphatic rings. The molecular formula is C10H22F3O3PS. The summed E-state index contributed by atoms with van der Waals surface area (Å²) >= 11 is 0. The predicted molar refractivity (Wildman–Crippen MR) is 70.0 cm³/mol. The Balaban J connectivity index is 0. The molecule has 0 amide bonds. The molecule has 3 nitrogen and oxygen atoms in total. The molecule has 0 saturated heterocycles. The third-order valence-electron chi connectivity index (χ3n) is 1.91. The van der Waals surface area contributed by atoms with E-state index in [-0.39, 0.29) is 0 Å². The molecule has 0 spiro atoms. The van der Waals surface area contributed by atoms with E-state index in [4.69, 9.17) is 13.0 Å². The zero-order valence-electron chi connectivity index (χ0n) is 11.0. The molecule has 0 bridgehead atoms. The van der Waals surface area contributed by atoms with Gasteiger partial charge in [-0.3, -0.25) is 4.55 Å². The van der Waals surface area contributed by atoms with E-state index in [1.54, 1.807) is 0 Å². The number of hydrogen-bond donors (Lipinski definition) is 1. The van der Waals surface area contributed by atoms with Gasteiger partial charge in [-0.05, 0) is 18.5 Å². The van der Waals surface area contributed by atoms with Crippen molar-refractivity contribution in [1.29, 1.82) is 0 Å². The Morgan fingerprint density at radius 3 is 1.28 bits per heavy atom. The third kappa shape index (κ3) is 11.2. The first-order valence-electron chi connectivity index (χ1n) is 5.86. The van der Waals surface area contributed by atoms with Crippen molar-refractivity contribution in [1.82, 2.24) is 0 Å². The summed E-state index contributed by atoms with van der Waals surface area (Å²) in [5, 5.41) is 0. The molecule has 0 heterocycles. The first-order valence-corrected chi connectivity index (χ1v) is 9.19. The van der Waals surface area contributed by atoms with E-state index in [9.17, 15) is 13.2 Å². The van der Waals surface area contributed by atoms with Crippen LogP contribution in [0, 0.1) is 0 Å². The molecular weight excluding hydrogens is 288 g/mol. The quantitative estimate of drug-likeness (QED) is 0.456. The van der Waals surface area contributed by atoms with E-state index in [0.717, 1.165) is 0 Å². The van der Waals surface area contributed by atoms with E-state index in [2.05, 4.69) is 20.8 Å². The molecule has 0 aliphatic heterocycles. The van der Waals surface area contributed by atoms with Crippen LogP contribution in [0.4, 0.5) is 13.2 Å². The van der Waals surface area contributed by atoms with Gasteiger partial charge in [-0.15, -0.1) is 7.92 Å². The normalized spacial score (nSPS) is 12.2. The smallest absolute Gasteiger partial charge is 0.279 e. The summed E-state index contributed by atoms with van der Waals surface area (Å²) in [5.74, 6) is 0. The van der Waals surface area contributed by atoms with Crippen LogP contribution in [0.5, 0.6) is 0 Å². The lowest BCUT2D eigenvalue weighted by Crippen LogP contribution is -2.21. The van der Waals surface area contributed by atoms with Gasteiger partial charge in [-0.1, -0.05) is 40.0 Å². The second-order valence-electron chi connectivity index (χ2n) is 3.76. The molecule has 0 aromatic heterocycles. The van der Waals surface area contributed by atoms with Gasteiger partial charge >= 0.3 is 15.6 Å². The van der Waals surface area contributed by atoms with Gasteiger partial charge < -0.3 is 0 Å². The van der Waals surface area contributed by atoms with Crippen LogP contribution in [0.1, 0.15) is 40.0 Å². The fourth-order valence-corrected chi connectivity index (χ4v) is 3.85. The topological polar surface area (TPSA) is 54.4 Å². The maximum atomic E-state index is 10.7. The molecule has 0 rings (SSSR count). The first kappa shape index (κ1) is 20.4. The Morgan fingerprint density at radius 1 is 0.944 bits per heavy atom. The SMILES string of the molecule is CCCP(CCC)CCC.O=S(=O)(O)C(F)(F)F. The van der Waals surface area contributed by atoms with Gasteiger partial charge in [0.15, 0.2) is 0 Å². The number of hydrogen-bond acceptors (Lipinski definition) is 2. The zero-order chi connectivity index (χ0) is 14.8. The Labute approximate surface area is 109 Å². The Hall–Kier alpha value is 0.130. The highest BCUT2D eigenvalue weighted by atomic mass is 32.2. The molecule has 0 fully saturated rings. The van der Waals surface area contributed by atoms with Crippen LogP contribution in [0.3, 0.4) is 0 Å². The highest BCUT2D eigenvalue weighted by Gasteiger charge is 2.44. The maximum absolute atomic E-state index is 10.7. The summed E-state index contributed by atoms with van der Waals surface area (Å²) in [7, 11) is -5.40. The summed E-state index contributed by atoms with van der Waals surface area (Å²) < 4.78 is 57.5. The Morgan fingerprint density at radius 2 is 1.17 bits per heavy atom. The maximum Gasteiger partial charge on any atom is 0.522 e. The van der Waals surface area contributed by atoms with Crippen LogP contribution >= 0.6 is 7.92 Å². The van der Waals surface area contributed by atoms with Crippen molar-refractivity contribution < 1.29 is 26.1 Å². The van der Waals surface area contributed by atoms with Crippen LogP contribution in [0.2, 0.25) is 0 Å². The van der Waals surface area contributed by atoms with Crippen LogP contribution in [0.25, 0.3) is 0 Å². The van der Waals surface area contributed by atoms with Crippen LogP contribution in [-0.2, 0) is 10.1 Å². The zero-order valence-corrected chi connectivity index (χ0v) is 12.7. The standard InChI is InChI=1S/C9H21P.CHF3O3S/c1-4-7-10(8-5-2)9-6-3;2-1(3,4)8(5,6)7/h4-9H2,1-3H3;(H,5,6,7). The summed E-state index contributed by atoms with van der Waals surface area (Å²) in [6, 6.07) is 0. The minimum absolute atomic E-state index is 0.439. The van der Waals surface area contributed by atoms with E-state index in [0.29, 0.717) is 7.92 Å². The van der Waals surface area contributed by atoms with Gasteiger partial charge in [-0.2, -0.15) is 21.6 Å². The van der Waals surface area contributed by atoms with Crippen LogP contribution in [-0.4, -0.2) is 37.0 Å². The van der Waals surface area contributed by atoms with E-state index >= 15 is 0 Å². The third-order valence-corrected chi connectivity index (χ3v) is 5.74. The lowest BCUT2D eigenvalue weighted by atomic mass is 10.6. The molecule has 0 aromatic rings. The number of rotatable bonds is 6. The van der Waals surface area contributed by atoms with Gasteiger partial charge in [0.2, 0.25) is 0 Å². The largest absolute Gasteiger partial charge is 0.522 e.